The molecule has 1 N–H and O–H groups in total. The van der Waals surface area contributed by atoms with Gasteiger partial charge in [0.25, 0.3) is 0 Å². The molecule has 0 fully saturated rings. The van der Waals surface area contributed by atoms with Crippen molar-refractivity contribution in [3.8, 4) is 0 Å². The van der Waals surface area contributed by atoms with E-state index < -0.39 is 0 Å². The van der Waals surface area contributed by atoms with Crippen LogP contribution in [-0.2, 0) is 6.42 Å². The fraction of sp³-hybridized carbons (Fsp3) is 0.286. The highest BCUT2D eigenvalue weighted by Crippen LogP contribution is 2.33. The summed E-state index contributed by atoms with van der Waals surface area (Å²) in [6.45, 7) is 1.77. The van der Waals surface area contributed by atoms with E-state index in [-0.39, 0.29) is 0 Å². The van der Waals surface area contributed by atoms with Crippen molar-refractivity contribution in [3.05, 3.63) is 52.5 Å². The van der Waals surface area contributed by atoms with E-state index >= 15 is 0 Å². The number of rotatable bonds is 4. The molecule has 5 heteroatoms. The minimum Gasteiger partial charge on any atom is -0.365 e. The second kappa shape index (κ2) is 6.21. The number of aromatic nitrogens is 1. The Bertz CT molecular complexity index is 537. The van der Waals surface area contributed by atoms with Gasteiger partial charge in [0, 0.05) is 18.3 Å². The number of aliphatic imine (C=N–C) groups is 1. The molecule has 2 heterocycles. The molecule has 2 aromatic rings. The van der Waals surface area contributed by atoms with E-state index in [9.17, 15) is 0 Å². The van der Waals surface area contributed by atoms with Gasteiger partial charge in [0.2, 0.25) is 0 Å². The lowest BCUT2D eigenvalue weighted by Gasteiger charge is -2.08. The van der Waals surface area contributed by atoms with Gasteiger partial charge in [0.15, 0.2) is 5.17 Å². The first-order valence-electron chi connectivity index (χ1n) is 6.29. The van der Waals surface area contributed by atoms with Crippen molar-refractivity contribution < 1.29 is 0 Å². The number of thiazole rings is 1. The van der Waals surface area contributed by atoms with Crippen molar-refractivity contribution in [2.45, 2.75) is 11.7 Å². The van der Waals surface area contributed by atoms with Crippen molar-refractivity contribution in [1.29, 1.82) is 0 Å². The largest absolute Gasteiger partial charge is 0.365 e. The van der Waals surface area contributed by atoms with E-state index in [1.807, 2.05) is 17.3 Å². The van der Waals surface area contributed by atoms with Crippen molar-refractivity contribution in [1.82, 2.24) is 10.3 Å². The molecule has 1 atom stereocenters. The summed E-state index contributed by atoms with van der Waals surface area (Å²) in [5.41, 5.74) is 4.39. The molecule has 1 aliphatic rings. The lowest BCUT2D eigenvalue weighted by Crippen LogP contribution is -2.21. The quantitative estimate of drug-likeness (QED) is 0.939. The standard InChI is InChI=1S/C14H15N3S2/c1-2-4-11(5-3-1)13-8-16-14(19-13)15-7-6-12-9-18-10-17-12/h1-5,9-10,13H,6-8H2,(H,15,16). The lowest BCUT2D eigenvalue weighted by molar-refractivity contribution is 0.851. The van der Waals surface area contributed by atoms with Gasteiger partial charge >= 0.3 is 0 Å². The second-order valence-corrected chi connectivity index (χ2v) is 6.23. The number of nitrogens with one attached hydrogen (secondary N) is 1. The predicted molar refractivity (Wildman–Crippen MR) is 82.9 cm³/mol. The number of benzene rings is 1. The van der Waals surface area contributed by atoms with E-state index in [1.54, 1.807) is 11.3 Å². The van der Waals surface area contributed by atoms with Gasteiger partial charge in [0.1, 0.15) is 0 Å². The third kappa shape index (κ3) is 3.36. The second-order valence-electron chi connectivity index (χ2n) is 4.32. The highest BCUT2D eigenvalue weighted by atomic mass is 32.2. The molecule has 3 rings (SSSR count). The normalized spacial score (nSPS) is 18.3. The fourth-order valence-corrected chi connectivity index (χ4v) is 3.61. The maximum Gasteiger partial charge on any atom is 0.157 e. The van der Waals surface area contributed by atoms with Crippen LogP contribution in [0.4, 0.5) is 0 Å². The van der Waals surface area contributed by atoms with Gasteiger partial charge < -0.3 is 5.32 Å². The maximum atomic E-state index is 4.56. The first kappa shape index (κ1) is 12.7. The van der Waals surface area contributed by atoms with E-state index in [4.69, 9.17) is 0 Å². The van der Waals surface area contributed by atoms with E-state index in [1.165, 1.54) is 5.56 Å². The zero-order chi connectivity index (χ0) is 12.9. The van der Waals surface area contributed by atoms with Crippen LogP contribution in [0.15, 0.2) is 46.2 Å². The third-order valence-corrected chi connectivity index (χ3v) is 4.80. The summed E-state index contributed by atoms with van der Waals surface area (Å²) in [5, 5.41) is 7.01. The number of amidine groups is 1. The van der Waals surface area contributed by atoms with Gasteiger partial charge in [-0.15, -0.1) is 11.3 Å². The summed E-state index contributed by atoms with van der Waals surface area (Å²) in [5.74, 6) is 0. The molecule has 1 aromatic heterocycles. The van der Waals surface area contributed by atoms with Crippen LogP contribution in [-0.4, -0.2) is 23.2 Å². The molecule has 1 aliphatic heterocycles. The highest BCUT2D eigenvalue weighted by Gasteiger charge is 2.20. The molecular weight excluding hydrogens is 274 g/mol. The molecule has 0 radical (unpaired) electrons. The van der Waals surface area contributed by atoms with Crippen molar-refractivity contribution in [2.24, 2.45) is 4.99 Å². The smallest absolute Gasteiger partial charge is 0.157 e. The van der Waals surface area contributed by atoms with Crippen LogP contribution >= 0.6 is 23.1 Å². The predicted octanol–water partition coefficient (Wildman–Crippen LogP) is 3.12. The van der Waals surface area contributed by atoms with Gasteiger partial charge in [-0.2, -0.15) is 0 Å². The Morgan fingerprint density at radius 3 is 2.95 bits per heavy atom. The van der Waals surface area contributed by atoms with E-state index in [2.05, 4.69) is 51.0 Å². The molecule has 1 unspecified atom stereocenters. The number of nitrogens with zero attached hydrogens (tertiary/aromatic N) is 2. The molecule has 1 aromatic carbocycles. The van der Waals surface area contributed by atoms with Crippen LogP contribution in [0.25, 0.3) is 0 Å². The van der Waals surface area contributed by atoms with Crippen LogP contribution in [0.2, 0.25) is 0 Å². The number of hydrogen-bond donors (Lipinski definition) is 1. The Labute approximate surface area is 121 Å². The van der Waals surface area contributed by atoms with Crippen LogP contribution in [0.3, 0.4) is 0 Å². The molecule has 0 saturated carbocycles. The fourth-order valence-electron chi connectivity index (χ4n) is 1.97. The average molecular weight is 289 g/mol. The first-order chi connectivity index (χ1) is 9.42. The van der Waals surface area contributed by atoms with E-state index in [0.29, 0.717) is 5.25 Å². The average Bonchev–Trinajstić information content (AvgIpc) is 3.11. The van der Waals surface area contributed by atoms with Crippen molar-refractivity contribution >= 4 is 28.3 Å². The summed E-state index contributed by atoms with van der Waals surface area (Å²) < 4.78 is 0. The molecule has 0 amide bonds. The summed E-state index contributed by atoms with van der Waals surface area (Å²) in [4.78, 5) is 8.84. The minimum absolute atomic E-state index is 0.461. The van der Waals surface area contributed by atoms with Crippen molar-refractivity contribution in [3.63, 3.8) is 0 Å². The Kier molecular flexibility index (Phi) is 4.15. The van der Waals surface area contributed by atoms with Crippen LogP contribution < -0.4 is 5.32 Å². The van der Waals surface area contributed by atoms with Crippen molar-refractivity contribution in [2.75, 3.05) is 13.1 Å². The Morgan fingerprint density at radius 1 is 1.26 bits per heavy atom. The summed E-state index contributed by atoms with van der Waals surface area (Å²) >= 11 is 3.47. The molecule has 0 spiro atoms. The molecule has 0 saturated heterocycles. The highest BCUT2D eigenvalue weighted by molar-refractivity contribution is 8.14. The number of thioether (sulfide) groups is 1. The Hall–Kier alpha value is -1.33. The van der Waals surface area contributed by atoms with E-state index in [0.717, 1.165) is 30.4 Å². The number of hydrogen-bond acceptors (Lipinski definition) is 5. The lowest BCUT2D eigenvalue weighted by atomic mass is 10.1. The topological polar surface area (TPSA) is 37.3 Å². The SMILES string of the molecule is c1ccc(C2CN=C(NCCc3cscn3)S2)cc1. The van der Waals surface area contributed by atoms with Crippen LogP contribution in [0, 0.1) is 0 Å². The zero-order valence-corrected chi connectivity index (χ0v) is 12.1. The van der Waals surface area contributed by atoms with Gasteiger partial charge in [-0.25, -0.2) is 4.98 Å². The van der Waals surface area contributed by atoms with Gasteiger partial charge in [-0.05, 0) is 5.56 Å². The van der Waals surface area contributed by atoms with Crippen LogP contribution in [0.5, 0.6) is 0 Å². The molecule has 3 nitrogen and oxygen atoms in total. The maximum absolute atomic E-state index is 4.56. The summed E-state index contributed by atoms with van der Waals surface area (Å²) in [7, 11) is 0. The zero-order valence-electron chi connectivity index (χ0n) is 10.5. The third-order valence-electron chi connectivity index (χ3n) is 2.97. The first-order valence-corrected chi connectivity index (χ1v) is 8.11. The molecular formula is C14H15N3S2. The minimum atomic E-state index is 0.461. The molecule has 98 valence electrons. The van der Waals surface area contributed by atoms with Gasteiger partial charge in [0.05, 0.1) is 23.0 Å². The monoisotopic (exact) mass is 289 g/mol. The summed E-state index contributed by atoms with van der Waals surface area (Å²) in [6.07, 6.45) is 0.957. The molecule has 0 bridgehead atoms. The molecule has 0 aliphatic carbocycles. The van der Waals surface area contributed by atoms with Gasteiger partial charge in [-0.3, -0.25) is 4.99 Å². The Balaban J connectivity index is 1.47. The Morgan fingerprint density at radius 2 is 2.16 bits per heavy atom. The van der Waals surface area contributed by atoms with Crippen LogP contribution in [0.1, 0.15) is 16.5 Å². The molecule has 19 heavy (non-hydrogen) atoms. The summed E-state index contributed by atoms with van der Waals surface area (Å²) in [6, 6.07) is 10.6. The van der Waals surface area contributed by atoms with Gasteiger partial charge in [-0.1, -0.05) is 42.1 Å².